The van der Waals surface area contributed by atoms with Gasteiger partial charge in [0.15, 0.2) is 6.29 Å². The van der Waals surface area contributed by atoms with Crippen molar-refractivity contribution >= 4 is 18.1 Å². The number of unbranched alkanes of at least 4 members (excludes halogenated alkanes) is 18. The first kappa shape index (κ1) is 59.8. The molecule has 0 aliphatic carbocycles. The fraction of sp³-hybridized carbons (Fsp3) is 0.904. The van der Waals surface area contributed by atoms with E-state index in [4.69, 9.17) is 28.4 Å². The van der Waals surface area contributed by atoms with E-state index in [-0.39, 0.29) is 38.8 Å². The van der Waals surface area contributed by atoms with E-state index < -0.39 is 24.3 Å². The third-order valence-corrected chi connectivity index (χ3v) is 11.6. The first-order chi connectivity index (χ1) is 30.3. The van der Waals surface area contributed by atoms with Crippen LogP contribution in [0.3, 0.4) is 0 Å². The molecule has 0 radical (unpaired) electrons. The van der Waals surface area contributed by atoms with Crippen LogP contribution >= 0.6 is 0 Å². The molecule has 0 aromatic carbocycles. The predicted octanol–water partition coefficient (Wildman–Crippen LogP) is 14.1. The Morgan fingerprint density at radius 2 is 0.968 bits per heavy atom. The molecule has 0 aromatic rings. The summed E-state index contributed by atoms with van der Waals surface area (Å²) in [4.78, 5) is 40.5. The number of allylic oxidation sites excluding steroid dienone is 2. The van der Waals surface area contributed by atoms with Gasteiger partial charge in [-0.3, -0.25) is 9.59 Å². The Morgan fingerprint density at radius 3 is 1.58 bits per heavy atom. The lowest BCUT2D eigenvalue weighted by atomic mass is 9.97. The van der Waals surface area contributed by atoms with Gasteiger partial charge in [-0.1, -0.05) is 163 Å². The smallest absolute Gasteiger partial charge is 0.465 e. The van der Waals surface area contributed by atoms with E-state index in [1.165, 1.54) is 109 Å². The number of ether oxygens (including phenoxy) is 6. The third-order valence-electron chi connectivity index (χ3n) is 11.6. The summed E-state index contributed by atoms with van der Waals surface area (Å²) in [5.74, 6) is -0.454. The maximum absolute atomic E-state index is 13.0. The second-order valence-electron chi connectivity index (χ2n) is 17.6. The Bertz CT molecular complexity index is 1000. The van der Waals surface area contributed by atoms with Gasteiger partial charge >= 0.3 is 18.1 Å². The molecule has 0 amide bonds. The van der Waals surface area contributed by atoms with Crippen LogP contribution in [0, 0.1) is 11.8 Å². The van der Waals surface area contributed by atoms with Gasteiger partial charge < -0.3 is 33.3 Å². The van der Waals surface area contributed by atoms with Crippen molar-refractivity contribution in [2.24, 2.45) is 11.8 Å². The van der Waals surface area contributed by atoms with E-state index >= 15 is 0 Å². The highest BCUT2D eigenvalue weighted by Crippen LogP contribution is 2.18. The van der Waals surface area contributed by atoms with Gasteiger partial charge in [-0.15, -0.1) is 0 Å². The molecule has 2 unspecified atom stereocenters. The molecular formula is C52H99NO9. The van der Waals surface area contributed by atoms with E-state index in [9.17, 15) is 14.4 Å². The standard InChI is InChI=1S/C52H99NO9/c1-7-12-15-18-21-23-28-35-47(6)36-29-24-22-25-30-37-49(54)60-44-48(46-62-52(56)59-43-34-31-40-53(10-4)11-5)45-61-50(55)38-39-51(57-41-32-26-19-16-13-8-2)58-42-33-27-20-17-14-9-3/h21,23,47-48,51H,7-20,22,24-46H2,1-6H3/b23-21-. The number of nitrogens with zero attached hydrogens (tertiary/aromatic N) is 1. The minimum Gasteiger partial charge on any atom is -0.465 e. The maximum atomic E-state index is 13.0. The number of hydrogen-bond donors (Lipinski definition) is 0. The Labute approximate surface area is 382 Å². The van der Waals surface area contributed by atoms with Gasteiger partial charge in [0.25, 0.3) is 0 Å². The van der Waals surface area contributed by atoms with Gasteiger partial charge in [-0.2, -0.15) is 0 Å². The third kappa shape index (κ3) is 41.8. The molecule has 0 aromatic heterocycles. The van der Waals surface area contributed by atoms with Crippen molar-refractivity contribution in [2.75, 3.05) is 59.3 Å². The fourth-order valence-corrected chi connectivity index (χ4v) is 7.28. The van der Waals surface area contributed by atoms with Crippen molar-refractivity contribution in [1.29, 1.82) is 0 Å². The highest BCUT2D eigenvalue weighted by Gasteiger charge is 2.20. The van der Waals surface area contributed by atoms with Crippen LogP contribution in [0.2, 0.25) is 0 Å². The van der Waals surface area contributed by atoms with Crippen LogP contribution < -0.4 is 0 Å². The van der Waals surface area contributed by atoms with Crippen molar-refractivity contribution in [1.82, 2.24) is 4.90 Å². The summed E-state index contributed by atoms with van der Waals surface area (Å²) >= 11 is 0. The molecule has 0 bridgehead atoms. The average molecular weight is 882 g/mol. The summed E-state index contributed by atoms with van der Waals surface area (Å²) in [6.45, 7) is 17.6. The highest BCUT2D eigenvalue weighted by molar-refractivity contribution is 5.69. The summed E-state index contributed by atoms with van der Waals surface area (Å²) < 4.78 is 34.2. The molecule has 0 spiro atoms. The summed E-state index contributed by atoms with van der Waals surface area (Å²) in [6, 6.07) is 0. The van der Waals surface area contributed by atoms with Gasteiger partial charge in [-0.25, -0.2) is 4.79 Å². The topological polar surface area (TPSA) is 110 Å². The fourth-order valence-electron chi connectivity index (χ4n) is 7.28. The zero-order chi connectivity index (χ0) is 45.6. The van der Waals surface area contributed by atoms with Gasteiger partial charge in [0.1, 0.15) is 19.8 Å². The molecule has 0 heterocycles. The van der Waals surface area contributed by atoms with Crippen molar-refractivity contribution < 1.29 is 42.8 Å². The maximum Gasteiger partial charge on any atom is 0.508 e. The molecule has 62 heavy (non-hydrogen) atoms. The summed E-state index contributed by atoms with van der Waals surface area (Å²) in [5.41, 5.74) is 0. The Balaban J connectivity index is 4.87. The number of carbonyl (C=O) groups is 3. The quantitative estimate of drug-likeness (QED) is 0.0193. The molecule has 0 saturated heterocycles. The number of hydrogen-bond acceptors (Lipinski definition) is 10. The van der Waals surface area contributed by atoms with Crippen LogP contribution in [0.25, 0.3) is 0 Å². The Morgan fingerprint density at radius 1 is 0.468 bits per heavy atom. The van der Waals surface area contributed by atoms with Gasteiger partial charge in [0, 0.05) is 26.1 Å². The first-order valence-electron chi connectivity index (χ1n) is 26.0. The monoisotopic (exact) mass is 882 g/mol. The molecule has 0 N–H and O–H groups in total. The van der Waals surface area contributed by atoms with Crippen molar-refractivity contribution in [2.45, 2.75) is 234 Å². The zero-order valence-electron chi connectivity index (χ0n) is 41.4. The van der Waals surface area contributed by atoms with Gasteiger partial charge in [0.05, 0.1) is 18.9 Å². The van der Waals surface area contributed by atoms with Gasteiger partial charge in [-0.05, 0) is 83.3 Å². The van der Waals surface area contributed by atoms with Crippen LogP contribution in [-0.4, -0.2) is 88.6 Å². The van der Waals surface area contributed by atoms with Crippen molar-refractivity contribution in [3.05, 3.63) is 12.2 Å². The second kappa shape index (κ2) is 46.8. The highest BCUT2D eigenvalue weighted by atomic mass is 16.7. The van der Waals surface area contributed by atoms with E-state index in [2.05, 4.69) is 58.6 Å². The van der Waals surface area contributed by atoms with Crippen molar-refractivity contribution in [3.63, 3.8) is 0 Å². The van der Waals surface area contributed by atoms with E-state index in [1.54, 1.807) is 0 Å². The number of esters is 2. The Kier molecular flexibility index (Phi) is 45.2. The largest absolute Gasteiger partial charge is 0.508 e. The van der Waals surface area contributed by atoms with Crippen LogP contribution in [0.1, 0.15) is 228 Å². The molecule has 2 atom stereocenters. The van der Waals surface area contributed by atoms with E-state index in [0.717, 1.165) is 83.3 Å². The number of rotatable bonds is 47. The molecule has 0 fully saturated rings. The first-order valence-corrected chi connectivity index (χ1v) is 26.0. The molecule has 10 nitrogen and oxygen atoms in total. The van der Waals surface area contributed by atoms with Crippen molar-refractivity contribution in [3.8, 4) is 0 Å². The molecule has 0 aliphatic heterocycles. The minimum absolute atomic E-state index is 0.0135. The summed E-state index contributed by atoms with van der Waals surface area (Å²) in [6.07, 6.45) is 34.2. The number of carbonyl (C=O) groups excluding carboxylic acids is 3. The molecular weight excluding hydrogens is 783 g/mol. The van der Waals surface area contributed by atoms with Crippen LogP contribution in [-0.2, 0) is 38.0 Å². The SMILES string of the molecule is CCCCC/C=C\CCC(C)CCCCCCCC(=O)OCC(COC(=O)CCC(OCCCCCCCC)OCCCCCCCC)COC(=O)OCCCCN(CC)CC. The predicted molar refractivity (Wildman–Crippen MR) is 255 cm³/mol. The lowest BCUT2D eigenvalue weighted by Crippen LogP contribution is -2.27. The lowest BCUT2D eigenvalue weighted by Gasteiger charge is -2.20. The second-order valence-corrected chi connectivity index (χ2v) is 17.6. The Hall–Kier alpha value is -2.17. The summed E-state index contributed by atoms with van der Waals surface area (Å²) in [5, 5.41) is 0. The van der Waals surface area contributed by atoms with Gasteiger partial charge in [0.2, 0.25) is 0 Å². The minimum atomic E-state index is -0.771. The summed E-state index contributed by atoms with van der Waals surface area (Å²) in [7, 11) is 0. The average Bonchev–Trinajstić information content (AvgIpc) is 3.27. The molecule has 366 valence electrons. The zero-order valence-corrected chi connectivity index (χ0v) is 41.4. The molecule has 0 saturated carbocycles. The lowest BCUT2D eigenvalue weighted by molar-refractivity contribution is -0.161. The van der Waals surface area contributed by atoms with Crippen LogP contribution in [0.5, 0.6) is 0 Å². The van der Waals surface area contributed by atoms with Crippen LogP contribution in [0.15, 0.2) is 12.2 Å². The molecule has 0 aliphatic rings. The van der Waals surface area contributed by atoms with E-state index in [1.807, 2.05) is 0 Å². The molecule has 0 rings (SSSR count). The van der Waals surface area contributed by atoms with E-state index in [0.29, 0.717) is 26.1 Å². The normalized spacial score (nSPS) is 12.6. The van der Waals surface area contributed by atoms with Crippen LogP contribution in [0.4, 0.5) is 4.79 Å². The molecule has 10 heteroatoms.